The van der Waals surface area contributed by atoms with E-state index in [1.54, 1.807) is 18.2 Å². The lowest BCUT2D eigenvalue weighted by Crippen LogP contribution is -1.88. The molecule has 0 spiro atoms. The van der Waals surface area contributed by atoms with E-state index in [4.69, 9.17) is 9.84 Å². The van der Waals surface area contributed by atoms with Crippen molar-refractivity contribution >= 4 is 28.0 Å². The van der Waals surface area contributed by atoms with Gasteiger partial charge in [0.25, 0.3) is 0 Å². The van der Waals surface area contributed by atoms with Crippen molar-refractivity contribution in [1.29, 1.82) is 0 Å². The fourth-order valence-corrected chi connectivity index (χ4v) is 2.10. The van der Waals surface area contributed by atoms with Gasteiger partial charge in [-0.15, -0.1) is 0 Å². The summed E-state index contributed by atoms with van der Waals surface area (Å²) in [5.41, 5.74) is 1.95. The molecule has 0 bridgehead atoms. The van der Waals surface area contributed by atoms with Gasteiger partial charge >= 0.3 is 5.97 Å². The minimum absolute atomic E-state index is 0.688. The maximum atomic E-state index is 10.5. The van der Waals surface area contributed by atoms with Gasteiger partial charge in [0.2, 0.25) is 0 Å². The molecule has 0 aliphatic heterocycles. The summed E-state index contributed by atoms with van der Waals surface area (Å²) in [5, 5.41) is 8.61. The molecule has 0 atom stereocenters. The van der Waals surface area contributed by atoms with Gasteiger partial charge in [0, 0.05) is 10.5 Å². The van der Waals surface area contributed by atoms with E-state index < -0.39 is 5.97 Å². The Hall–Kier alpha value is -2.07. The topological polar surface area (TPSA) is 46.5 Å². The second-order valence-corrected chi connectivity index (χ2v) is 5.12. The van der Waals surface area contributed by atoms with Crippen LogP contribution in [-0.4, -0.2) is 11.1 Å². The number of carbonyl (C=O) groups is 1. The molecule has 0 radical (unpaired) electrons. The lowest BCUT2D eigenvalue weighted by atomic mass is 10.2. The third-order valence-corrected chi connectivity index (χ3v) is 3.32. The minimum Gasteiger partial charge on any atom is -0.478 e. The Bertz CT molecular complexity index is 645. The van der Waals surface area contributed by atoms with Crippen LogP contribution in [0.4, 0.5) is 0 Å². The Kier molecular flexibility index (Phi) is 4.58. The highest BCUT2D eigenvalue weighted by Gasteiger charge is 2.02. The third-order valence-electron chi connectivity index (χ3n) is 2.63. The van der Waals surface area contributed by atoms with E-state index in [2.05, 4.69) is 15.9 Å². The van der Waals surface area contributed by atoms with Crippen LogP contribution in [0.5, 0.6) is 11.5 Å². The summed E-state index contributed by atoms with van der Waals surface area (Å²) in [4.78, 5) is 10.5. The molecule has 1 N–H and O–H groups in total. The first-order chi connectivity index (χ1) is 9.54. The fourth-order valence-electron chi connectivity index (χ4n) is 1.61. The van der Waals surface area contributed by atoms with Gasteiger partial charge in [-0.3, -0.25) is 0 Å². The molecule has 2 rings (SSSR count). The average Bonchev–Trinajstić information content (AvgIpc) is 2.40. The number of carboxylic acids is 1. The van der Waals surface area contributed by atoms with E-state index >= 15 is 0 Å². The molecule has 4 heteroatoms. The van der Waals surface area contributed by atoms with Gasteiger partial charge < -0.3 is 9.84 Å². The quantitative estimate of drug-likeness (QED) is 0.829. The van der Waals surface area contributed by atoms with E-state index in [0.717, 1.165) is 21.9 Å². The summed E-state index contributed by atoms with van der Waals surface area (Å²) >= 11 is 3.40. The van der Waals surface area contributed by atoms with Crippen LogP contribution in [0.25, 0.3) is 6.08 Å². The number of aryl methyl sites for hydroxylation is 1. The van der Waals surface area contributed by atoms with Gasteiger partial charge in [0.1, 0.15) is 11.5 Å². The van der Waals surface area contributed by atoms with Crippen LogP contribution < -0.4 is 4.74 Å². The second kappa shape index (κ2) is 6.39. The molecule has 0 aromatic heterocycles. The van der Waals surface area contributed by atoms with Gasteiger partial charge in [-0.05, 0) is 42.8 Å². The number of carboxylic acid groups (broad SMARTS) is 1. The number of hydrogen-bond donors (Lipinski definition) is 1. The van der Waals surface area contributed by atoms with Gasteiger partial charge in [0.15, 0.2) is 0 Å². The minimum atomic E-state index is -0.975. The molecule has 0 saturated carbocycles. The van der Waals surface area contributed by atoms with E-state index in [1.165, 1.54) is 11.6 Å². The lowest BCUT2D eigenvalue weighted by molar-refractivity contribution is -0.131. The average molecular weight is 333 g/mol. The van der Waals surface area contributed by atoms with E-state index in [1.807, 2.05) is 31.2 Å². The van der Waals surface area contributed by atoms with Crippen LogP contribution in [0, 0.1) is 6.92 Å². The SMILES string of the molecule is Cc1ccc(Oc2ccc(/C=C/C(=O)O)c(Br)c2)cc1. The molecule has 0 saturated heterocycles. The van der Waals surface area contributed by atoms with Crippen LogP contribution in [0.3, 0.4) is 0 Å². The highest BCUT2D eigenvalue weighted by molar-refractivity contribution is 9.10. The van der Waals surface area contributed by atoms with Crippen molar-refractivity contribution < 1.29 is 14.6 Å². The molecule has 102 valence electrons. The molecule has 0 heterocycles. The van der Waals surface area contributed by atoms with Crippen molar-refractivity contribution in [3.8, 4) is 11.5 Å². The molecule has 3 nitrogen and oxygen atoms in total. The van der Waals surface area contributed by atoms with Gasteiger partial charge in [-0.1, -0.05) is 39.7 Å². The molecule has 2 aromatic rings. The van der Waals surface area contributed by atoms with Crippen LogP contribution in [-0.2, 0) is 4.79 Å². The summed E-state index contributed by atoms with van der Waals surface area (Å²) in [6.07, 6.45) is 2.63. The first-order valence-electron chi connectivity index (χ1n) is 6.00. The maximum Gasteiger partial charge on any atom is 0.328 e. The van der Waals surface area contributed by atoms with E-state index in [9.17, 15) is 4.79 Å². The summed E-state index contributed by atoms with van der Waals surface area (Å²) in [7, 11) is 0. The molecule has 0 unspecified atom stereocenters. The van der Waals surface area contributed by atoms with E-state index in [-0.39, 0.29) is 0 Å². The first-order valence-corrected chi connectivity index (χ1v) is 6.79. The molecule has 2 aromatic carbocycles. The highest BCUT2D eigenvalue weighted by Crippen LogP contribution is 2.28. The maximum absolute atomic E-state index is 10.5. The Balaban J connectivity index is 2.16. The number of halogens is 1. The number of hydrogen-bond acceptors (Lipinski definition) is 2. The summed E-state index contributed by atoms with van der Waals surface area (Å²) in [6.45, 7) is 2.02. The van der Waals surface area contributed by atoms with Crippen LogP contribution in [0.1, 0.15) is 11.1 Å². The van der Waals surface area contributed by atoms with Crippen LogP contribution >= 0.6 is 15.9 Å². The Labute approximate surface area is 125 Å². The normalized spacial score (nSPS) is 10.7. The molecule has 0 amide bonds. The lowest BCUT2D eigenvalue weighted by Gasteiger charge is -2.07. The molecule has 0 fully saturated rings. The largest absolute Gasteiger partial charge is 0.478 e. The zero-order valence-electron chi connectivity index (χ0n) is 10.8. The highest BCUT2D eigenvalue weighted by atomic mass is 79.9. The molecular weight excluding hydrogens is 320 g/mol. The number of aliphatic carboxylic acids is 1. The zero-order valence-corrected chi connectivity index (χ0v) is 12.4. The monoisotopic (exact) mass is 332 g/mol. The van der Waals surface area contributed by atoms with Crippen molar-refractivity contribution in [1.82, 2.24) is 0 Å². The predicted octanol–water partition coefficient (Wildman–Crippen LogP) is 4.65. The Morgan fingerprint density at radius 2 is 1.80 bits per heavy atom. The van der Waals surface area contributed by atoms with Crippen molar-refractivity contribution in [2.24, 2.45) is 0 Å². The van der Waals surface area contributed by atoms with Gasteiger partial charge in [0.05, 0.1) is 0 Å². The second-order valence-electron chi connectivity index (χ2n) is 4.27. The molecular formula is C16H13BrO3. The predicted molar refractivity (Wildman–Crippen MR) is 82.1 cm³/mol. The van der Waals surface area contributed by atoms with Crippen LogP contribution in [0.15, 0.2) is 53.0 Å². The third kappa shape index (κ3) is 3.96. The summed E-state index contributed by atoms with van der Waals surface area (Å²) in [5.74, 6) is 0.474. The van der Waals surface area contributed by atoms with Crippen LogP contribution in [0.2, 0.25) is 0 Å². The first kappa shape index (κ1) is 14.3. The number of benzene rings is 2. The van der Waals surface area contributed by atoms with Gasteiger partial charge in [-0.25, -0.2) is 4.79 Å². The summed E-state index contributed by atoms with van der Waals surface area (Å²) < 4.78 is 6.50. The Morgan fingerprint density at radius 3 is 2.40 bits per heavy atom. The molecule has 20 heavy (non-hydrogen) atoms. The molecule has 0 aliphatic carbocycles. The van der Waals surface area contributed by atoms with E-state index in [0.29, 0.717) is 5.75 Å². The zero-order chi connectivity index (χ0) is 14.5. The number of ether oxygens (including phenoxy) is 1. The fraction of sp³-hybridized carbons (Fsp3) is 0.0625. The Morgan fingerprint density at radius 1 is 1.15 bits per heavy atom. The van der Waals surface area contributed by atoms with Crippen molar-refractivity contribution in [3.05, 3.63) is 64.1 Å². The van der Waals surface area contributed by atoms with Gasteiger partial charge in [-0.2, -0.15) is 0 Å². The van der Waals surface area contributed by atoms with Crippen molar-refractivity contribution in [3.63, 3.8) is 0 Å². The summed E-state index contributed by atoms with van der Waals surface area (Å²) in [6, 6.07) is 13.2. The standard InChI is InChI=1S/C16H13BrO3/c1-11-2-6-13(7-3-11)20-14-8-4-12(15(17)10-14)5-9-16(18)19/h2-10H,1H3,(H,18,19)/b9-5+. The van der Waals surface area contributed by atoms with Crippen molar-refractivity contribution in [2.75, 3.05) is 0 Å². The number of rotatable bonds is 4. The molecule has 0 aliphatic rings. The smallest absolute Gasteiger partial charge is 0.328 e. The van der Waals surface area contributed by atoms with Crippen molar-refractivity contribution in [2.45, 2.75) is 6.92 Å².